The van der Waals surface area contributed by atoms with Crippen LogP contribution in [0.25, 0.3) is 0 Å². The molecule has 96 valence electrons. The van der Waals surface area contributed by atoms with Gasteiger partial charge in [0.05, 0.1) is 18.7 Å². The topological polar surface area (TPSA) is 94.6 Å². The first-order chi connectivity index (χ1) is 7.95. The molecule has 0 aromatic carbocycles. The van der Waals surface area contributed by atoms with Gasteiger partial charge in [0, 0.05) is 6.61 Å². The first kappa shape index (κ1) is 12.6. The van der Waals surface area contributed by atoms with E-state index in [4.69, 9.17) is 14.9 Å². The number of ether oxygens (including phenoxy) is 1. The summed E-state index contributed by atoms with van der Waals surface area (Å²) in [6.07, 6.45) is 0.649. The van der Waals surface area contributed by atoms with Crippen molar-refractivity contribution >= 4 is 10.0 Å². The minimum absolute atomic E-state index is 0.105. The molecule has 7 heteroatoms. The molecule has 2 heterocycles. The van der Waals surface area contributed by atoms with Gasteiger partial charge >= 0.3 is 0 Å². The summed E-state index contributed by atoms with van der Waals surface area (Å²) in [5.41, 5.74) is 4.81. The monoisotopic (exact) mass is 260 g/mol. The van der Waals surface area contributed by atoms with Gasteiger partial charge in [-0.2, -0.15) is 0 Å². The summed E-state index contributed by atoms with van der Waals surface area (Å²) in [6.45, 7) is 2.92. The van der Waals surface area contributed by atoms with Crippen molar-refractivity contribution in [1.29, 1.82) is 0 Å². The molecule has 1 aromatic rings. The largest absolute Gasteiger partial charge is 0.447 e. The van der Waals surface area contributed by atoms with E-state index >= 15 is 0 Å². The molecule has 0 radical (unpaired) electrons. The Kier molecular flexibility index (Phi) is 3.26. The number of hydrogen-bond acceptors (Lipinski definition) is 5. The zero-order valence-corrected chi connectivity index (χ0v) is 10.4. The summed E-state index contributed by atoms with van der Waals surface area (Å²) in [5, 5.41) is -0.105. The Labute approximate surface area is 100 Å². The van der Waals surface area contributed by atoms with Crippen LogP contribution in [0, 0.1) is 0 Å². The molecule has 3 N–H and O–H groups in total. The van der Waals surface area contributed by atoms with Gasteiger partial charge in [0.25, 0.3) is 10.0 Å². The highest BCUT2D eigenvalue weighted by molar-refractivity contribution is 7.89. The van der Waals surface area contributed by atoms with Crippen LogP contribution < -0.4 is 10.5 Å². The Balaban J connectivity index is 2.18. The lowest BCUT2D eigenvalue weighted by Gasteiger charge is -2.22. The van der Waals surface area contributed by atoms with Crippen LogP contribution in [-0.4, -0.2) is 27.2 Å². The fraction of sp³-hybridized carbons (Fsp3) is 0.600. The van der Waals surface area contributed by atoms with Gasteiger partial charge in [-0.25, -0.2) is 13.1 Å². The van der Waals surface area contributed by atoms with E-state index in [1.807, 2.05) is 6.92 Å². The Bertz CT molecular complexity index is 488. The molecular weight excluding hydrogens is 244 g/mol. The lowest BCUT2D eigenvalue weighted by Crippen LogP contribution is -2.46. The lowest BCUT2D eigenvalue weighted by atomic mass is 10.0. The second-order valence-corrected chi connectivity index (χ2v) is 6.01. The van der Waals surface area contributed by atoms with Crippen molar-refractivity contribution in [3.05, 3.63) is 17.9 Å². The summed E-state index contributed by atoms with van der Waals surface area (Å²) < 4.78 is 37.0. The highest BCUT2D eigenvalue weighted by atomic mass is 32.2. The normalized spacial score (nSPS) is 25.3. The highest BCUT2D eigenvalue weighted by Gasteiger charge is 2.35. The Morgan fingerprint density at radius 1 is 1.53 bits per heavy atom. The summed E-state index contributed by atoms with van der Waals surface area (Å²) in [4.78, 5) is 0. The molecule has 2 rings (SSSR count). The van der Waals surface area contributed by atoms with Crippen LogP contribution in [0.15, 0.2) is 21.6 Å². The highest BCUT2D eigenvalue weighted by Crippen LogP contribution is 2.22. The smallest absolute Gasteiger partial charge is 0.274 e. The standard InChI is InChI=1S/C10H16N2O4S/c1-10(4-5-15-7-10)12-17(13,14)9-3-2-8(6-11)16-9/h2-3,12H,4-7,11H2,1H3. The number of nitrogens with two attached hydrogens (primary N) is 1. The number of rotatable bonds is 4. The van der Waals surface area contributed by atoms with Crippen molar-refractivity contribution in [3.8, 4) is 0 Å². The van der Waals surface area contributed by atoms with E-state index in [9.17, 15) is 8.42 Å². The average molecular weight is 260 g/mol. The number of sulfonamides is 1. The van der Waals surface area contributed by atoms with Gasteiger partial charge < -0.3 is 14.9 Å². The number of hydrogen-bond donors (Lipinski definition) is 2. The van der Waals surface area contributed by atoms with Crippen LogP contribution in [0.5, 0.6) is 0 Å². The summed E-state index contributed by atoms with van der Waals surface area (Å²) >= 11 is 0. The average Bonchev–Trinajstić information content (AvgIpc) is 2.85. The molecule has 1 fully saturated rings. The minimum Gasteiger partial charge on any atom is -0.447 e. The fourth-order valence-corrected chi connectivity index (χ4v) is 3.11. The molecule has 1 unspecified atom stereocenters. The molecule has 1 aliphatic rings. The van der Waals surface area contributed by atoms with Crippen LogP contribution >= 0.6 is 0 Å². The van der Waals surface area contributed by atoms with Crippen LogP contribution in [0.1, 0.15) is 19.1 Å². The van der Waals surface area contributed by atoms with E-state index in [-0.39, 0.29) is 11.6 Å². The van der Waals surface area contributed by atoms with Crippen LogP contribution in [0.3, 0.4) is 0 Å². The Morgan fingerprint density at radius 2 is 2.29 bits per heavy atom. The molecule has 17 heavy (non-hydrogen) atoms. The van der Waals surface area contributed by atoms with E-state index in [1.165, 1.54) is 6.07 Å². The lowest BCUT2D eigenvalue weighted by molar-refractivity contribution is 0.178. The predicted molar refractivity (Wildman–Crippen MR) is 60.8 cm³/mol. The van der Waals surface area contributed by atoms with E-state index < -0.39 is 15.6 Å². The quantitative estimate of drug-likeness (QED) is 0.806. The van der Waals surface area contributed by atoms with Gasteiger partial charge in [-0.3, -0.25) is 0 Å². The van der Waals surface area contributed by atoms with Crippen molar-refractivity contribution in [2.45, 2.75) is 30.5 Å². The van der Waals surface area contributed by atoms with Gasteiger partial charge in [-0.15, -0.1) is 0 Å². The molecule has 1 aromatic heterocycles. The Hall–Kier alpha value is -0.890. The van der Waals surface area contributed by atoms with Crippen molar-refractivity contribution in [2.24, 2.45) is 5.73 Å². The number of nitrogens with one attached hydrogen (secondary N) is 1. The third-order valence-electron chi connectivity index (χ3n) is 2.70. The van der Waals surface area contributed by atoms with E-state index in [2.05, 4.69) is 4.72 Å². The second kappa shape index (κ2) is 4.41. The molecule has 1 aliphatic heterocycles. The maximum Gasteiger partial charge on any atom is 0.274 e. The van der Waals surface area contributed by atoms with Crippen molar-refractivity contribution in [1.82, 2.24) is 4.72 Å². The van der Waals surface area contributed by atoms with Crippen molar-refractivity contribution in [2.75, 3.05) is 13.2 Å². The molecule has 6 nitrogen and oxygen atoms in total. The zero-order chi connectivity index (χ0) is 12.5. The zero-order valence-electron chi connectivity index (χ0n) is 9.60. The fourth-order valence-electron chi connectivity index (χ4n) is 1.73. The third-order valence-corrected chi connectivity index (χ3v) is 4.21. The molecule has 1 saturated heterocycles. The Morgan fingerprint density at radius 3 is 2.82 bits per heavy atom. The number of furan rings is 1. The van der Waals surface area contributed by atoms with Crippen LogP contribution in [0.4, 0.5) is 0 Å². The van der Waals surface area contributed by atoms with E-state index in [0.29, 0.717) is 25.4 Å². The maximum atomic E-state index is 12.0. The molecule has 0 aliphatic carbocycles. The summed E-state index contributed by atoms with van der Waals surface area (Å²) in [6, 6.07) is 2.96. The van der Waals surface area contributed by atoms with Gasteiger partial charge in [0.2, 0.25) is 5.09 Å². The molecule has 1 atom stereocenters. The summed E-state index contributed by atoms with van der Waals surface area (Å²) in [5.74, 6) is 0.443. The van der Waals surface area contributed by atoms with Crippen molar-refractivity contribution < 1.29 is 17.6 Å². The van der Waals surface area contributed by atoms with Crippen LogP contribution in [-0.2, 0) is 21.3 Å². The first-order valence-corrected chi connectivity index (χ1v) is 6.84. The van der Waals surface area contributed by atoms with Gasteiger partial charge in [0.1, 0.15) is 5.76 Å². The molecule has 0 bridgehead atoms. The van der Waals surface area contributed by atoms with Crippen molar-refractivity contribution in [3.63, 3.8) is 0 Å². The van der Waals surface area contributed by atoms with Gasteiger partial charge in [-0.1, -0.05) is 0 Å². The predicted octanol–water partition coefficient (Wildman–Crippen LogP) is 0.196. The molecule has 0 amide bonds. The van der Waals surface area contributed by atoms with Gasteiger partial charge in [-0.05, 0) is 25.5 Å². The molecule has 0 spiro atoms. The van der Waals surface area contributed by atoms with Crippen LogP contribution in [0.2, 0.25) is 0 Å². The molecule has 0 saturated carbocycles. The van der Waals surface area contributed by atoms with Gasteiger partial charge in [0.15, 0.2) is 0 Å². The second-order valence-electron chi connectivity index (χ2n) is 4.39. The SMILES string of the molecule is CC1(NS(=O)(=O)c2ccc(CN)o2)CCOC1. The minimum atomic E-state index is -3.64. The van der Waals surface area contributed by atoms with E-state index in [0.717, 1.165) is 0 Å². The maximum absolute atomic E-state index is 12.0. The third kappa shape index (κ3) is 2.68. The first-order valence-electron chi connectivity index (χ1n) is 5.36. The molecular formula is C10H16N2O4S. The van der Waals surface area contributed by atoms with E-state index in [1.54, 1.807) is 6.07 Å². The summed E-state index contributed by atoms with van der Waals surface area (Å²) in [7, 11) is -3.64.